The molecular formula is C19H28N4. The summed E-state index contributed by atoms with van der Waals surface area (Å²) >= 11 is 0. The average molecular weight is 312 g/mol. The summed E-state index contributed by atoms with van der Waals surface area (Å²) < 4.78 is 0. The molecule has 4 nitrogen and oxygen atoms in total. The standard InChI is InChI=1S/C19H28N4/c1-5-7-8-12-20-17-13-15(4)21-19(22-17)23-18-14(3)10-9-11-16(18)6-2/h9-11,13H,5-8,12H2,1-4H3,(H2,20,21,22,23). The molecule has 0 aliphatic heterocycles. The van der Waals surface area contributed by atoms with Gasteiger partial charge in [0.2, 0.25) is 5.95 Å². The third-order valence-electron chi connectivity index (χ3n) is 3.92. The summed E-state index contributed by atoms with van der Waals surface area (Å²) in [5.41, 5.74) is 4.59. The van der Waals surface area contributed by atoms with E-state index in [0.29, 0.717) is 5.95 Å². The van der Waals surface area contributed by atoms with Gasteiger partial charge in [-0.15, -0.1) is 0 Å². The highest BCUT2D eigenvalue weighted by Gasteiger charge is 2.08. The van der Waals surface area contributed by atoms with Crippen LogP contribution in [0, 0.1) is 13.8 Å². The van der Waals surface area contributed by atoms with Gasteiger partial charge in [0.05, 0.1) is 0 Å². The van der Waals surface area contributed by atoms with Crippen LogP contribution in [0.5, 0.6) is 0 Å². The molecule has 4 heteroatoms. The van der Waals surface area contributed by atoms with Crippen molar-refractivity contribution >= 4 is 17.5 Å². The average Bonchev–Trinajstić information content (AvgIpc) is 2.53. The fourth-order valence-electron chi connectivity index (χ4n) is 2.62. The van der Waals surface area contributed by atoms with Crippen molar-refractivity contribution in [3.8, 4) is 0 Å². The van der Waals surface area contributed by atoms with E-state index in [4.69, 9.17) is 0 Å². The summed E-state index contributed by atoms with van der Waals surface area (Å²) in [5.74, 6) is 1.55. The minimum Gasteiger partial charge on any atom is -0.370 e. The Morgan fingerprint density at radius 1 is 1.04 bits per heavy atom. The number of hydrogen-bond acceptors (Lipinski definition) is 4. The molecule has 0 radical (unpaired) electrons. The van der Waals surface area contributed by atoms with Crippen molar-refractivity contribution in [1.82, 2.24) is 9.97 Å². The van der Waals surface area contributed by atoms with E-state index in [9.17, 15) is 0 Å². The number of aryl methyl sites for hydroxylation is 3. The second-order valence-corrected chi connectivity index (χ2v) is 5.94. The Bertz CT molecular complexity index is 637. The first-order chi connectivity index (χ1) is 11.1. The molecule has 23 heavy (non-hydrogen) atoms. The van der Waals surface area contributed by atoms with Crippen molar-refractivity contribution in [2.75, 3.05) is 17.2 Å². The highest BCUT2D eigenvalue weighted by molar-refractivity contribution is 5.64. The molecule has 0 aliphatic carbocycles. The molecule has 0 amide bonds. The van der Waals surface area contributed by atoms with Crippen molar-refractivity contribution in [3.05, 3.63) is 41.1 Å². The van der Waals surface area contributed by atoms with E-state index in [-0.39, 0.29) is 0 Å². The molecule has 1 aromatic carbocycles. The molecule has 0 saturated heterocycles. The maximum atomic E-state index is 4.61. The first kappa shape index (κ1) is 17.3. The molecule has 1 heterocycles. The van der Waals surface area contributed by atoms with Crippen LogP contribution in [0.2, 0.25) is 0 Å². The van der Waals surface area contributed by atoms with E-state index in [1.54, 1.807) is 0 Å². The quantitative estimate of drug-likeness (QED) is 0.673. The third kappa shape index (κ3) is 4.95. The molecule has 0 bridgehead atoms. The number of hydrogen-bond donors (Lipinski definition) is 2. The molecule has 124 valence electrons. The molecule has 0 saturated carbocycles. The Balaban J connectivity index is 2.15. The minimum absolute atomic E-state index is 0.659. The second-order valence-electron chi connectivity index (χ2n) is 5.94. The Labute approximate surface area is 139 Å². The summed E-state index contributed by atoms with van der Waals surface area (Å²) in [6, 6.07) is 8.35. The first-order valence-corrected chi connectivity index (χ1v) is 8.59. The summed E-state index contributed by atoms with van der Waals surface area (Å²) in [4.78, 5) is 9.14. The van der Waals surface area contributed by atoms with Crippen LogP contribution in [0.15, 0.2) is 24.3 Å². The van der Waals surface area contributed by atoms with E-state index in [1.165, 1.54) is 30.4 Å². The van der Waals surface area contributed by atoms with Gasteiger partial charge in [0.1, 0.15) is 5.82 Å². The van der Waals surface area contributed by atoms with E-state index in [1.807, 2.05) is 13.0 Å². The molecule has 2 rings (SSSR count). The summed E-state index contributed by atoms with van der Waals surface area (Å²) in [6.07, 6.45) is 4.62. The van der Waals surface area contributed by atoms with Gasteiger partial charge in [0.25, 0.3) is 0 Å². The number of nitrogens with zero attached hydrogens (tertiary/aromatic N) is 2. The lowest BCUT2D eigenvalue weighted by Gasteiger charge is -2.14. The predicted molar refractivity (Wildman–Crippen MR) is 98.6 cm³/mol. The maximum Gasteiger partial charge on any atom is 0.229 e. The Morgan fingerprint density at radius 2 is 1.87 bits per heavy atom. The van der Waals surface area contributed by atoms with Gasteiger partial charge in [-0.05, 0) is 37.8 Å². The summed E-state index contributed by atoms with van der Waals surface area (Å²) in [5, 5.41) is 6.81. The monoisotopic (exact) mass is 312 g/mol. The van der Waals surface area contributed by atoms with Crippen LogP contribution in [-0.4, -0.2) is 16.5 Å². The van der Waals surface area contributed by atoms with Crippen molar-refractivity contribution in [1.29, 1.82) is 0 Å². The number of unbranched alkanes of at least 4 members (excludes halogenated alkanes) is 2. The van der Waals surface area contributed by atoms with Gasteiger partial charge in [-0.25, -0.2) is 4.98 Å². The Morgan fingerprint density at radius 3 is 2.61 bits per heavy atom. The highest BCUT2D eigenvalue weighted by Crippen LogP contribution is 2.24. The van der Waals surface area contributed by atoms with Crippen molar-refractivity contribution in [2.45, 2.75) is 53.4 Å². The lowest BCUT2D eigenvalue weighted by molar-refractivity contribution is 0.742. The van der Waals surface area contributed by atoms with E-state index < -0.39 is 0 Å². The zero-order valence-electron chi connectivity index (χ0n) is 14.7. The van der Waals surface area contributed by atoms with Crippen LogP contribution in [0.25, 0.3) is 0 Å². The molecule has 0 aliphatic rings. The van der Waals surface area contributed by atoms with Gasteiger partial charge in [-0.3, -0.25) is 0 Å². The van der Waals surface area contributed by atoms with Crippen molar-refractivity contribution < 1.29 is 0 Å². The number of aromatic nitrogens is 2. The van der Waals surface area contributed by atoms with E-state index in [0.717, 1.165) is 30.2 Å². The third-order valence-corrected chi connectivity index (χ3v) is 3.92. The number of para-hydroxylation sites is 1. The minimum atomic E-state index is 0.659. The van der Waals surface area contributed by atoms with Gasteiger partial charge in [-0.2, -0.15) is 4.98 Å². The van der Waals surface area contributed by atoms with Crippen LogP contribution in [0.3, 0.4) is 0 Å². The van der Waals surface area contributed by atoms with Gasteiger partial charge in [0, 0.05) is 24.0 Å². The van der Waals surface area contributed by atoms with Crippen LogP contribution in [0.4, 0.5) is 17.5 Å². The van der Waals surface area contributed by atoms with Gasteiger partial charge in [0.15, 0.2) is 0 Å². The number of rotatable bonds is 8. The summed E-state index contributed by atoms with van der Waals surface area (Å²) in [6.45, 7) is 9.44. The topological polar surface area (TPSA) is 49.8 Å². The van der Waals surface area contributed by atoms with Gasteiger partial charge in [-0.1, -0.05) is 44.9 Å². The fourth-order valence-corrected chi connectivity index (χ4v) is 2.62. The first-order valence-electron chi connectivity index (χ1n) is 8.59. The molecule has 0 atom stereocenters. The zero-order valence-corrected chi connectivity index (χ0v) is 14.7. The molecule has 2 N–H and O–H groups in total. The fraction of sp³-hybridized carbons (Fsp3) is 0.474. The van der Waals surface area contributed by atoms with Crippen LogP contribution >= 0.6 is 0 Å². The molecule has 0 fully saturated rings. The van der Waals surface area contributed by atoms with Crippen molar-refractivity contribution in [2.24, 2.45) is 0 Å². The van der Waals surface area contributed by atoms with Crippen LogP contribution < -0.4 is 10.6 Å². The number of nitrogens with one attached hydrogen (secondary N) is 2. The maximum absolute atomic E-state index is 4.61. The Hall–Kier alpha value is -2.10. The smallest absolute Gasteiger partial charge is 0.229 e. The van der Waals surface area contributed by atoms with Crippen LogP contribution in [-0.2, 0) is 6.42 Å². The SMILES string of the molecule is CCCCCNc1cc(C)nc(Nc2c(C)cccc2CC)n1. The lowest BCUT2D eigenvalue weighted by Crippen LogP contribution is -2.08. The molecule has 0 unspecified atom stereocenters. The molecule has 2 aromatic rings. The van der Waals surface area contributed by atoms with Crippen molar-refractivity contribution in [3.63, 3.8) is 0 Å². The molecule has 0 spiro atoms. The lowest BCUT2D eigenvalue weighted by atomic mass is 10.1. The Kier molecular flexibility index (Phi) is 6.39. The predicted octanol–water partition coefficient (Wildman–Crippen LogP) is 5.00. The highest BCUT2D eigenvalue weighted by atomic mass is 15.1. The normalized spacial score (nSPS) is 10.6. The zero-order chi connectivity index (χ0) is 16.7. The van der Waals surface area contributed by atoms with E-state index in [2.05, 4.69) is 59.6 Å². The second kappa shape index (κ2) is 8.51. The largest absolute Gasteiger partial charge is 0.370 e. The number of anilines is 3. The van der Waals surface area contributed by atoms with Gasteiger partial charge < -0.3 is 10.6 Å². The molecule has 1 aromatic heterocycles. The van der Waals surface area contributed by atoms with E-state index >= 15 is 0 Å². The van der Waals surface area contributed by atoms with Gasteiger partial charge >= 0.3 is 0 Å². The number of benzene rings is 1. The van der Waals surface area contributed by atoms with Crippen LogP contribution in [0.1, 0.15) is 49.9 Å². The summed E-state index contributed by atoms with van der Waals surface area (Å²) in [7, 11) is 0. The molecular weight excluding hydrogens is 284 g/mol.